The lowest BCUT2D eigenvalue weighted by molar-refractivity contribution is 0.207. The molecule has 3 rings (SSSR count). The highest BCUT2D eigenvalue weighted by Gasteiger charge is 2.22. The summed E-state index contributed by atoms with van der Waals surface area (Å²) in [6, 6.07) is 3.57. The Bertz CT molecular complexity index is 389. The second kappa shape index (κ2) is 6.06. The van der Waals surface area contributed by atoms with Crippen LogP contribution in [0.4, 0.5) is 0 Å². The molecule has 0 radical (unpaired) electrons. The van der Waals surface area contributed by atoms with Gasteiger partial charge in [-0.2, -0.15) is 5.10 Å². The first-order valence-electron chi connectivity index (χ1n) is 7.85. The molecule has 1 aromatic rings. The fraction of sp³-hybridized carbons (Fsp3) is 0.800. The molecule has 0 aromatic carbocycles. The predicted molar refractivity (Wildman–Crippen MR) is 77.1 cm³/mol. The molecule has 2 heterocycles. The van der Waals surface area contributed by atoms with Crippen molar-refractivity contribution in [3.63, 3.8) is 0 Å². The van der Waals surface area contributed by atoms with Crippen LogP contribution in [0.1, 0.15) is 50.8 Å². The van der Waals surface area contributed by atoms with Crippen LogP contribution in [0.2, 0.25) is 0 Å². The molecule has 1 saturated heterocycles. The van der Waals surface area contributed by atoms with Gasteiger partial charge in [0.1, 0.15) is 0 Å². The van der Waals surface area contributed by atoms with Crippen molar-refractivity contribution < 1.29 is 0 Å². The Labute approximate surface area is 116 Å². The van der Waals surface area contributed by atoms with Crippen molar-refractivity contribution in [3.8, 4) is 0 Å². The fourth-order valence-electron chi connectivity index (χ4n) is 3.49. The van der Waals surface area contributed by atoms with E-state index in [4.69, 9.17) is 5.10 Å². The van der Waals surface area contributed by atoms with E-state index in [2.05, 4.69) is 34.1 Å². The van der Waals surface area contributed by atoms with E-state index in [1.807, 2.05) is 0 Å². The summed E-state index contributed by atoms with van der Waals surface area (Å²) in [6.45, 7) is 6.67. The molecule has 1 aromatic heterocycles. The van der Waals surface area contributed by atoms with Crippen LogP contribution in [0.25, 0.3) is 0 Å². The Balaban J connectivity index is 1.61. The standard InChI is InChI=1S/C15H26N4/c1-2-18(15-7-9-16-11-15)12-13-8-10-19(17-13)14-5-3-4-6-14/h8,10,14-16H,2-7,9,11-12H2,1H3. The molecule has 0 amide bonds. The van der Waals surface area contributed by atoms with Gasteiger partial charge in [-0.25, -0.2) is 0 Å². The Hall–Kier alpha value is -0.870. The first kappa shape index (κ1) is 13.1. The summed E-state index contributed by atoms with van der Waals surface area (Å²) >= 11 is 0. The van der Waals surface area contributed by atoms with Gasteiger partial charge in [-0.1, -0.05) is 19.8 Å². The smallest absolute Gasteiger partial charge is 0.0765 e. The minimum Gasteiger partial charge on any atom is -0.315 e. The summed E-state index contributed by atoms with van der Waals surface area (Å²) in [4.78, 5) is 2.56. The molecule has 0 spiro atoms. The van der Waals surface area contributed by atoms with Gasteiger partial charge >= 0.3 is 0 Å². The number of nitrogens with one attached hydrogen (secondary N) is 1. The van der Waals surface area contributed by atoms with Crippen molar-refractivity contribution in [1.29, 1.82) is 0 Å². The summed E-state index contributed by atoms with van der Waals surface area (Å²) in [6.07, 6.45) is 8.82. The molecule has 1 N–H and O–H groups in total. The van der Waals surface area contributed by atoms with Crippen LogP contribution in [-0.4, -0.2) is 40.4 Å². The van der Waals surface area contributed by atoms with Crippen LogP contribution >= 0.6 is 0 Å². The number of aromatic nitrogens is 2. The Morgan fingerprint density at radius 3 is 2.89 bits per heavy atom. The predicted octanol–water partition coefficient (Wildman–Crippen LogP) is 2.18. The van der Waals surface area contributed by atoms with E-state index in [0.717, 1.165) is 26.2 Å². The average Bonchev–Trinajstić information content (AvgIpc) is 3.15. The van der Waals surface area contributed by atoms with E-state index in [-0.39, 0.29) is 0 Å². The number of likely N-dealkylation sites (N-methyl/N-ethyl adjacent to an activating group) is 1. The SMILES string of the molecule is CCN(Cc1ccn(C2CCCC2)n1)C1CCNC1. The number of nitrogens with zero attached hydrogens (tertiary/aromatic N) is 3. The lowest BCUT2D eigenvalue weighted by Crippen LogP contribution is -2.36. The third kappa shape index (κ3) is 3.00. The zero-order valence-corrected chi connectivity index (χ0v) is 12.0. The van der Waals surface area contributed by atoms with E-state index in [1.54, 1.807) is 0 Å². The number of hydrogen-bond acceptors (Lipinski definition) is 3. The maximum Gasteiger partial charge on any atom is 0.0765 e. The second-order valence-electron chi connectivity index (χ2n) is 5.94. The van der Waals surface area contributed by atoms with Crippen molar-refractivity contribution >= 4 is 0 Å². The maximum absolute atomic E-state index is 4.81. The molecule has 1 saturated carbocycles. The van der Waals surface area contributed by atoms with E-state index in [1.165, 1.54) is 37.8 Å². The molecular formula is C15H26N4. The van der Waals surface area contributed by atoms with Crippen LogP contribution in [0.3, 0.4) is 0 Å². The number of rotatable bonds is 5. The maximum atomic E-state index is 4.81. The molecule has 2 aliphatic rings. The van der Waals surface area contributed by atoms with Gasteiger partial charge in [0.05, 0.1) is 11.7 Å². The largest absolute Gasteiger partial charge is 0.315 e. The molecule has 2 fully saturated rings. The van der Waals surface area contributed by atoms with E-state index >= 15 is 0 Å². The van der Waals surface area contributed by atoms with E-state index in [0.29, 0.717) is 12.1 Å². The summed E-state index contributed by atoms with van der Waals surface area (Å²) in [5.74, 6) is 0. The first-order valence-corrected chi connectivity index (χ1v) is 7.85. The highest BCUT2D eigenvalue weighted by atomic mass is 15.3. The van der Waals surface area contributed by atoms with Crippen LogP contribution in [0.15, 0.2) is 12.3 Å². The van der Waals surface area contributed by atoms with E-state index in [9.17, 15) is 0 Å². The van der Waals surface area contributed by atoms with Gasteiger partial charge in [0.15, 0.2) is 0 Å². The normalized spacial score (nSPS) is 24.6. The highest BCUT2D eigenvalue weighted by molar-refractivity contribution is 5.01. The van der Waals surface area contributed by atoms with E-state index < -0.39 is 0 Å². The molecule has 19 heavy (non-hydrogen) atoms. The molecule has 0 bridgehead atoms. The lowest BCUT2D eigenvalue weighted by atomic mass is 10.2. The summed E-state index contributed by atoms with van der Waals surface area (Å²) < 4.78 is 2.21. The third-order valence-corrected chi connectivity index (χ3v) is 4.68. The zero-order valence-electron chi connectivity index (χ0n) is 12.0. The zero-order chi connectivity index (χ0) is 13.1. The monoisotopic (exact) mass is 262 g/mol. The van der Waals surface area contributed by atoms with Crippen molar-refractivity contribution in [2.75, 3.05) is 19.6 Å². The minimum atomic E-state index is 0.664. The Morgan fingerprint density at radius 2 is 2.21 bits per heavy atom. The van der Waals surface area contributed by atoms with Gasteiger partial charge in [-0.3, -0.25) is 9.58 Å². The second-order valence-corrected chi connectivity index (χ2v) is 5.94. The highest BCUT2D eigenvalue weighted by Crippen LogP contribution is 2.28. The lowest BCUT2D eigenvalue weighted by Gasteiger charge is -2.25. The van der Waals surface area contributed by atoms with Gasteiger partial charge in [0.2, 0.25) is 0 Å². The Morgan fingerprint density at radius 1 is 1.37 bits per heavy atom. The van der Waals surface area contributed by atoms with Gasteiger partial charge in [0.25, 0.3) is 0 Å². The van der Waals surface area contributed by atoms with Gasteiger partial charge in [0, 0.05) is 25.3 Å². The Kier molecular flexibility index (Phi) is 4.18. The summed E-state index contributed by atoms with van der Waals surface area (Å²) in [5, 5.41) is 8.26. The van der Waals surface area contributed by atoms with Crippen LogP contribution in [0, 0.1) is 0 Å². The van der Waals surface area contributed by atoms with Crippen LogP contribution in [-0.2, 0) is 6.54 Å². The summed E-state index contributed by atoms with van der Waals surface area (Å²) in [5.41, 5.74) is 1.24. The van der Waals surface area contributed by atoms with Crippen LogP contribution < -0.4 is 5.32 Å². The minimum absolute atomic E-state index is 0.664. The molecule has 1 unspecified atom stereocenters. The van der Waals surface area contributed by atoms with Gasteiger partial charge in [-0.15, -0.1) is 0 Å². The van der Waals surface area contributed by atoms with Crippen molar-refractivity contribution in [2.24, 2.45) is 0 Å². The molecule has 4 heteroatoms. The molecule has 106 valence electrons. The van der Waals surface area contributed by atoms with Crippen molar-refractivity contribution in [2.45, 2.75) is 57.7 Å². The van der Waals surface area contributed by atoms with Crippen LogP contribution in [0.5, 0.6) is 0 Å². The van der Waals surface area contributed by atoms with Crippen molar-refractivity contribution in [1.82, 2.24) is 20.0 Å². The van der Waals surface area contributed by atoms with Crippen molar-refractivity contribution in [3.05, 3.63) is 18.0 Å². The first-order chi connectivity index (χ1) is 9.36. The average molecular weight is 262 g/mol. The topological polar surface area (TPSA) is 33.1 Å². The van der Waals surface area contributed by atoms with Gasteiger partial charge in [-0.05, 0) is 38.4 Å². The van der Waals surface area contributed by atoms with Gasteiger partial charge < -0.3 is 5.32 Å². The fourth-order valence-corrected chi connectivity index (χ4v) is 3.49. The molecular weight excluding hydrogens is 236 g/mol. The quantitative estimate of drug-likeness (QED) is 0.883. The number of hydrogen-bond donors (Lipinski definition) is 1. The molecule has 1 aliphatic heterocycles. The molecule has 1 atom stereocenters. The summed E-state index contributed by atoms with van der Waals surface area (Å²) in [7, 11) is 0. The third-order valence-electron chi connectivity index (χ3n) is 4.68. The molecule has 1 aliphatic carbocycles. The molecule has 4 nitrogen and oxygen atoms in total.